The van der Waals surface area contributed by atoms with Gasteiger partial charge in [0.2, 0.25) is 5.91 Å². The van der Waals surface area contributed by atoms with E-state index in [1.165, 1.54) is 4.57 Å². The summed E-state index contributed by atoms with van der Waals surface area (Å²) < 4.78 is 24.9. The second kappa shape index (κ2) is 7.86. The molecule has 2 aromatic rings. The van der Waals surface area contributed by atoms with Crippen LogP contribution in [0, 0.1) is 5.92 Å². The predicted octanol–water partition coefficient (Wildman–Crippen LogP) is 1.20. The molecule has 2 N–H and O–H groups in total. The van der Waals surface area contributed by atoms with Gasteiger partial charge in [0, 0.05) is 6.26 Å². The van der Waals surface area contributed by atoms with Crippen molar-refractivity contribution in [2.24, 2.45) is 5.92 Å². The summed E-state index contributed by atoms with van der Waals surface area (Å²) in [6.07, 6.45) is 1.40. The molecule has 2 rings (SSSR count). The van der Waals surface area contributed by atoms with Crippen molar-refractivity contribution in [3.05, 3.63) is 30.1 Å². The van der Waals surface area contributed by atoms with Gasteiger partial charge in [-0.15, -0.1) is 0 Å². The van der Waals surface area contributed by atoms with Gasteiger partial charge in [0.15, 0.2) is 9.84 Å². The summed E-state index contributed by atoms with van der Waals surface area (Å²) in [5.41, 5.74) is 1.20. The molecule has 142 valence electrons. The first-order valence-electron chi connectivity index (χ1n) is 8.21. The van der Waals surface area contributed by atoms with Crippen LogP contribution in [-0.2, 0) is 31.7 Å². The molecule has 0 radical (unpaired) electrons. The normalized spacial score (nSPS) is 13.1. The van der Waals surface area contributed by atoms with Gasteiger partial charge in [-0.3, -0.25) is 4.79 Å². The zero-order chi connectivity index (χ0) is 19.5. The van der Waals surface area contributed by atoms with E-state index < -0.39 is 27.8 Å². The van der Waals surface area contributed by atoms with Crippen molar-refractivity contribution in [2.45, 2.75) is 38.6 Å². The number of nitrogens with one attached hydrogen (secondary N) is 1. The maximum atomic E-state index is 12.4. The monoisotopic (exact) mass is 381 g/mol. The van der Waals surface area contributed by atoms with Crippen LogP contribution in [0.5, 0.6) is 0 Å². The number of carboxylic acid groups (broad SMARTS) is 1. The summed E-state index contributed by atoms with van der Waals surface area (Å²) in [6.45, 7) is 3.54. The average molecular weight is 381 g/mol. The van der Waals surface area contributed by atoms with Crippen LogP contribution < -0.4 is 5.32 Å². The number of sulfone groups is 1. The van der Waals surface area contributed by atoms with Crippen LogP contribution in [0.3, 0.4) is 0 Å². The Balaban J connectivity index is 2.29. The number of benzene rings is 1. The number of aliphatic carboxylic acids is 1. The maximum Gasteiger partial charge on any atom is 0.326 e. The Bertz CT molecular complexity index is 918. The van der Waals surface area contributed by atoms with Gasteiger partial charge in [-0.2, -0.15) is 0 Å². The quantitative estimate of drug-likeness (QED) is 0.709. The fourth-order valence-corrected chi connectivity index (χ4v) is 3.41. The Morgan fingerprint density at radius 3 is 2.50 bits per heavy atom. The number of carbonyl (C=O) groups excluding carboxylic acids is 1. The Kier molecular flexibility index (Phi) is 6.01. The first kappa shape index (κ1) is 19.9. The molecule has 0 aliphatic heterocycles. The van der Waals surface area contributed by atoms with Crippen molar-refractivity contribution >= 4 is 32.7 Å². The third-order valence-electron chi connectivity index (χ3n) is 3.77. The van der Waals surface area contributed by atoms with Gasteiger partial charge < -0.3 is 15.0 Å². The summed E-state index contributed by atoms with van der Waals surface area (Å²) >= 11 is 0. The summed E-state index contributed by atoms with van der Waals surface area (Å²) in [5.74, 6) is -1.55. The lowest BCUT2D eigenvalue weighted by atomic mass is 10.0. The summed E-state index contributed by atoms with van der Waals surface area (Å²) in [4.78, 5) is 28.0. The number of aromatic nitrogens is 2. The van der Waals surface area contributed by atoms with Crippen molar-refractivity contribution < 1.29 is 23.1 Å². The molecule has 0 unspecified atom stereocenters. The van der Waals surface area contributed by atoms with Crippen LogP contribution in [-0.4, -0.2) is 47.2 Å². The third kappa shape index (κ3) is 5.29. The number of carbonyl (C=O) groups is 2. The van der Waals surface area contributed by atoms with E-state index >= 15 is 0 Å². The molecule has 1 atom stereocenters. The largest absolute Gasteiger partial charge is 0.480 e. The number of fused-ring (bicyclic) bond motifs is 1. The van der Waals surface area contributed by atoms with Gasteiger partial charge in [-0.05, 0) is 24.5 Å². The second-order valence-electron chi connectivity index (χ2n) is 6.76. The Hall–Kier alpha value is -2.42. The third-order valence-corrected chi connectivity index (χ3v) is 4.55. The van der Waals surface area contributed by atoms with Gasteiger partial charge in [0.1, 0.15) is 24.2 Å². The van der Waals surface area contributed by atoms with Crippen molar-refractivity contribution in [3.63, 3.8) is 0 Å². The second-order valence-corrected chi connectivity index (χ2v) is 8.90. The zero-order valence-electron chi connectivity index (χ0n) is 15.0. The van der Waals surface area contributed by atoms with Crippen LogP contribution in [0.1, 0.15) is 26.1 Å². The first-order valence-corrected chi connectivity index (χ1v) is 10.3. The molecule has 0 saturated heterocycles. The lowest BCUT2D eigenvalue weighted by Gasteiger charge is -2.17. The van der Waals surface area contributed by atoms with Crippen LogP contribution in [0.25, 0.3) is 11.0 Å². The fourth-order valence-electron chi connectivity index (χ4n) is 2.72. The van der Waals surface area contributed by atoms with Gasteiger partial charge in [0.05, 0.1) is 11.0 Å². The molecule has 1 heterocycles. The van der Waals surface area contributed by atoms with E-state index in [1.807, 2.05) is 13.8 Å². The highest BCUT2D eigenvalue weighted by Gasteiger charge is 2.23. The Morgan fingerprint density at radius 2 is 1.92 bits per heavy atom. The molecule has 0 aliphatic carbocycles. The topological polar surface area (TPSA) is 118 Å². The fraction of sp³-hybridized carbons (Fsp3) is 0.471. The van der Waals surface area contributed by atoms with Gasteiger partial charge >= 0.3 is 5.97 Å². The molecule has 8 nitrogen and oxygen atoms in total. The van der Waals surface area contributed by atoms with Crippen molar-refractivity contribution in [1.82, 2.24) is 14.9 Å². The minimum Gasteiger partial charge on any atom is -0.480 e. The van der Waals surface area contributed by atoms with E-state index in [0.29, 0.717) is 17.5 Å². The molecule has 0 fully saturated rings. The van der Waals surface area contributed by atoms with Crippen molar-refractivity contribution in [2.75, 3.05) is 6.26 Å². The van der Waals surface area contributed by atoms with E-state index in [-0.39, 0.29) is 24.0 Å². The summed E-state index contributed by atoms with van der Waals surface area (Å²) in [6, 6.07) is 6.02. The van der Waals surface area contributed by atoms with Crippen LogP contribution in [0.15, 0.2) is 24.3 Å². The predicted molar refractivity (Wildman–Crippen MR) is 97.3 cm³/mol. The smallest absolute Gasteiger partial charge is 0.326 e. The number of carboxylic acids is 1. The van der Waals surface area contributed by atoms with Crippen molar-refractivity contribution in [1.29, 1.82) is 0 Å². The number of hydrogen-bond donors (Lipinski definition) is 2. The van der Waals surface area contributed by atoms with Gasteiger partial charge in [-0.1, -0.05) is 26.0 Å². The molecule has 0 aliphatic rings. The minimum atomic E-state index is -3.34. The molecular formula is C17H23N3O5S. The molecule has 1 aromatic carbocycles. The summed E-state index contributed by atoms with van der Waals surface area (Å²) in [7, 11) is -3.34. The molecule has 9 heteroatoms. The molecule has 26 heavy (non-hydrogen) atoms. The zero-order valence-corrected chi connectivity index (χ0v) is 15.8. The Labute approximate surface area is 152 Å². The van der Waals surface area contributed by atoms with Crippen LogP contribution in [0.4, 0.5) is 0 Å². The maximum absolute atomic E-state index is 12.4. The standard InChI is InChI=1S/C17H23N3O5S/c1-11(2)8-13(17(22)23)19-16(21)9-20-14-7-5-4-6-12(14)18-15(20)10-26(3,24)25/h4-7,11,13H,8-10H2,1-3H3,(H,19,21)(H,22,23)/t13-/m0/s1. The number of para-hydroxylation sites is 2. The van der Waals surface area contributed by atoms with Crippen LogP contribution in [0.2, 0.25) is 0 Å². The molecule has 0 spiro atoms. The summed E-state index contributed by atoms with van der Waals surface area (Å²) in [5, 5.41) is 11.8. The average Bonchev–Trinajstić information content (AvgIpc) is 2.81. The van der Waals surface area contributed by atoms with Gasteiger partial charge in [0.25, 0.3) is 0 Å². The molecular weight excluding hydrogens is 358 g/mol. The number of imidazole rings is 1. The molecule has 0 bridgehead atoms. The molecule has 1 aromatic heterocycles. The number of rotatable bonds is 8. The van der Waals surface area contributed by atoms with Gasteiger partial charge in [-0.25, -0.2) is 18.2 Å². The highest BCUT2D eigenvalue weighted by atomic mass is 32.2. The van der Waals surface area contributed by atoms with E-state index in [4.69, 9.17) is 0 Å². The van der Waals surface area contributed by atoms with Crippen LogP contribution >= 0.6 is 0 Å². The van der Waals surface area contributed by atoms with E-state index in [2.05, 4.69) is 10.3 Å². The number of hydrogen-bond acceptors (Lipinski definition) is 5. The Morgan fingerprint density at radius 1 is 1.27 bits per heavy atom. The van der Waals surface area contributed by atoms with E-state index in [1.54, 1.807) is 24.3 Å². The minimum absolute atomic E-state index is 0.103. The highest BCUT2D eigenvalue weighted by Crippen LogP contribution is 2.17. The lowest BCUT2D eigenvalue weighted by molar-refractivity contribution is -0.142. The highest BCUT2D eigenvalue weighted by molar-refractivity contribution is 7.89. The van der Waals surface area contributed by atoms with E-state index in [9.17, 15) is 23.1 Å². The number of amides is 1. The molecule has 1 amide bonds. The number of nitrogens with zero attached hydrogens (tertiary/aromatic N) is 2. The van der Waals surface area contributed by atoms with Crippen molar-refractivity contribution in [3.8, 4) is 0 Å². The first-order chi connectivity index (χ1) is 12.1. The van der Waals surface area contributed by atoms with E-state index in [0.717, 1.165) is 6.26 Å². The SMILES string of the molecule is CC(C)C[C@H](NC(=O)Cn1c(CS(C)(=O)=O)nc2ccccc21)C(=O)O. The molecule has 0 saturated carbocycles. The lowest BCUT2D eigenvalue weighted by Crippen LogP contribution is -2.43.